The Hall–Kier alpha value is -2.83. The van der Waals surface area contributed by atoms with Crippen LogP contribution >= 0.6 is 0 Å². The van der Waals surface area contributed by atoms with E-state index in [1.807, 2.05) is 6.92 Å². The average molecular weight is 414 g/mol. The summed E-state index contributed by atoms with van der Waals surface area (Å²) in [5.41, 5.74) is 0.722. The van der Waals surface area contributed by atoms with Gasteiger partial charge in [-0.15, -0.1) is 0 Å². The Morgan fingerprint density at radius 3 is 2.50 bits per heavy atom. The molecule has 1 atom stereocenters. The molecule has 4 aliphatic rings. The maximum Gasteiger partial charge on any atom is 0.249 e. The fraction of sp³-hybridized carbons (Fsp3) is 0.391. The van der Waals surface area contributed by atoms with Gasteiger partial charge in [-0.25, -0.2) is 18.2 Å². The number of carbonyl (C=O) groups is 1. The number of halogens is 3. The van der Waals surface area contributed by atoms with Gasteiger partial charge >= 0.3 is 0 Å². The number of amides is 1. The Morgan fingerprint density at radius 2 is 1.80 bits per heavy atom. The largest absolute Gasteiger partial charge is 0.493 e. The highest BCUT2D eigenvalue weighted by molar-refractivity contribution is 5.88. The van der Waals surface area contributed by atoms with Crippen LogP contribution < -0.4 is 4.74 Å². The van der Waals surface area contributed by atoms with Crippen LogP contribution in [-0.4, -0.2) is 23.7 Å². The van der Waals surface area contributed by atoms with Crippen LogP contribution in [0.2, 0.25) is 0 Å². The summed E-state index contributed by atoms with van der Waals surface area (Å²) in [6.45, 7) is 2.30. The summed E-state index contributed by atoms with van der Waals surface area (Å²) in [6.07, 6.45) is 4.09. The first kappa shape index (κ1) is 19.2. The summed E-state index contributed by atoms with van der Waals surface area (Å²) in [5, 5.41) is 5.59. The van der Waals surface area contributed by atoms with Crippen LogP contribution in [-0.2, 0) is 4.79 Å². The molecule has 0 radical (unpaired) electrons. The average Bonchev–Trinajstić information content (AvgIpc) is 3.11. The number of hydrogen-bond acceptors (Lipinski definition) is 3. The maximum absolute atomic E-state index is 13.6. The molecule has 1 aliphatic heterocycles. The van der Waals surface area contributed by atoms with E-state index in [1.165, 1.54) is 29.3 Å². The molecule has 0 aromatic heterocycles. The second-order valence-electron chi connectivity index (χ2n) is 8.91. The van der Waals surface area contributed by atoms with Gasteiger partial charge in [-0.2, -0.15) is 5.10 Å². The van der Waals surface area contributed by atoms with Gasteiger partial charge in [0.2, 0.25) is 5.91 Å². The highest BCUT2D eigenvalue weighted by atomic mass is 19.1. The van der Waals surface area contributed by atoms with Crippen LogP contribution in [0.15, 0.2) is 41.5 Å². The smallest absolute Gasteiger partial charge is 0.249 e. The molecule has 2 bridgehead atoms. The van der Waals surface area contributed by atoms with E-state index < -0.39 is 23.1 Å². The lowest BCUT2D eigenvalue weighted by Gasteiger charge is -2.69. The minimum Gasteiger partial charge on any atom is -0.493 e. The minimum absolute atomic E-state index is 0.0711. The van der Waals surface area contributed by atoms with Gasteiger partial charge in [0, 0.05) is 30.2 Å². The van der Waals surface area contributed by atoms with E-state index in [2.05, 4.69) is 5.10 Å². The van der Waals surface area contributed by atoms with E-state index >= 15 is 0 Å². The van der Waals surface area contributed by atoms with Crippen LogP contribution in [0.4, 0.5) is 13.2 Å². The van der Waals surface area contributed by atoms with Gasteiger partial charge in [0.1, 0.15) is 23.2 Å². The number of ether oxygens (including phenoxy) is 1. The van der Waals surface area contributed by atoms with Crippen molar-refractivity contribution >= 4 is 12.1 Å². The summed E-state index contributed by atoms with van der Waals surface area (Å²) in [7, 11) is 0. The second kappa shape index (κ2) is 6.59. The fourth-order valence-corrected chi connectivity index (χ4v) is 5.24. The third-order valence-electron chi connectivity index (χ3n) is 6.59. The molecule has 30 heavy (non-hydrogen) atoms. The first-order valence-corrected chi connectivity index (χ1v) is 10.0. The zero-order valence-electron chi connectivity index (χ0n) is 16.5. The third kappa shape index (κ3) is 2.99. The van der Waals surface area contributed by atoms with Gasteiger partial charge in [0.25, 0.3) is 0 Å². The van der Waals surface area contributed by atoms with Crippen molar-refractivity contribution in [2.75, 3.05) is 6.61 Å². The van der Waals surface area contributed by atoms with Crippen molar-refractivity contribution in [1.82, 2.24) is 5.01 Å². The Labute approximate surface area is 172 Å². The molecule has 2 aromatic rings. The molecule has 1 unspecified atom stereocenters. The van der Waals surface area contributed by atoms with Gasteiger partial charge in [-0.05, 0) is 55.5 Å². The van der Waals surface area contributed by atoms with Crippen molar-refractivity contribution in [1.29, 1.82) is 0 Å². The van der Waals surface area contributed by atoms with Gasteiger partial charge < -0.3 is 4.74 Å². The molecular formula is C23H21F3N2O2. The lowest BCUT2D eigenvalue weighted by atomic mass is 9.35. The number of nitrogens with zero attached hydrogens (tertiary/aromatic N) is 2. The van der Waals surface area contributed by atoms with Crippen LogP contribution in [0.5, 0.6) is 5.75 Å². The van der Waals surface area contributed by atoms with Gasteiger partial charge in [-0.3, -0.25) is 4.79 Å². The lowest BCUT2D eigenvalue weighted by molar-refractivity contribution is -0.226. The number of benzene rings is 2. The van der Waals surface area contributed by atoms with Crippen molar-refractivity contribution in [3.05, 3.63) is 65.0 Å². The third-order valence-corrected chi connectivity index (χ3v) is 6.59. The van der Waals surface area contributed by atoms with E-state index in [4.69, 9.17) is 4.74 Å². The van der Waals surface area contributed by atoms with Crippen LogP contribution in [0.1, 0.15) is 42.9 Å². The molecule has 1 amide bonds. The molecule has 3 saturated carbocycles. The van der Waals surface area contributed by atoms with Crippen LogP contribution in [0.25, 0.3) is 0 Å². The monoisotopic (exact) mass is 414 g/mol. The predicted molar refractivity (Wildman–Crippen MR) is 104 cm³/mol. The number of aryl methyl sites for hydroxylation is 1. The normalized spacial score (nSPS) is 28.8. The van der Waals surface area contributed by atoms with Crippen LogP contribution in [0.3, 0.4) is 0 Å². The summed E-state index contributed by atoms with van der Waals surface area (Å²) in [4.78, 5) is 13.2. The van der Waals surface area contributed by atoms with E-state index in [-0.39, 0.29) is 17.1 Å². The number of rotatable bonds is 5. The zero-order valence-corrected chi connectivity index (χ0v) is 16.5. The molecule has 1 heterocycles. The number of carbonyl (C=O) groups excluding carboxylic acids is 1. The van der Waals surface area contributed by atoms with Gasteiger partial charge in [-0.1, -0.05) is 6.07 Å². The summed E-state index contributed by atoms with van der Waals surface area (Å²) < 4.78 is 46.6. The fourth-order valence-electron chi connectivity index (χ4n) is 5.24. The molecule has 7 heteroatoms. The molecular weight excluding hydrogens is 393 g/mol. The molecule has 0 saturated heterocycles. The number of hydrogen-bond donors (Lipinski definition) is 0. The standard InChI is InChI=1S/C23H21F3N2O2/c1-14-2-3-16(24)9-20(14)30-13-22-10-23(11-22,12-22)21(29)28-19(4-5-27-28)15-6-17(25)8-18(26)7-15/h2-3,5-9,19H,4,10-13H2,1H3. The van der Waals surface area contributed by atoms with Gasteiger partial charge in [0.15, 0.2) is 0 Å². The maximum atomic E-state index is 13.6. The van der Waals surface area contributed by atoms with E-state index in [0.717, 1.165) is 11.6 Å². The van der Waals surface area contributed by atoms with Crippen molar-refractivity contribution < 1.29 is 22.7 Å². The molecule has 6 rings (SSSR count). The Kier molecular flexibility index (Phi) is 4.21. The zero-order chi connectivity index (χ0) is 21.1. The van der Waals surface area contributed by atoms with Crippen molar-refractivity contribution in [3.8, 4) is 5.75 Å². The van der Waals surface area contributed by atoms with Crippen molar-refractivity contribution in [2.45, 2.75) is 38.6 Å². The Bertz CT molecular complexity index is 1030. The molecule has 3 fully saturated rings. The van der Waals surface area contributed by atoms with Crippen molar-refractivity contribution in [2.24, 2.45) is 15.9 Å². The quantitative estimate of drug-likeness (QED) is 0.697. The highest BCUT2D eigenvalue weighted by Crippen LogP contribution is 2.74. The first-order valence-electron chi connectivity index (χ1n) is 10.0. The SMILES string of the molecule is Cc1ccc(F)cc1OCC12CC(C(=O)N3N=CCC3c3cc(F)cc(F)c3)(C1)C2. The van der Waals surface area contributed by atoms with Crippen molar-refractivity contribution in [3.63, 3.8) is 0 Å². The molecule has 0 spiro atoms. The molecule has 4 nitrogen and oxygen atoms in total. The van der Waals surface area contributed by atoms with Gasteiger partial charge in [0.05, 0.1) is 18.1 Å². The van der Waals surface area contributed by atoms with E-state index in [0.29, 0.717) is 43.6 Å². The lowest BCUT2D eigenvalue weighted by Crippen LogP contribution is -2.69. The molecule has 2 aromatic carbocycles. The second-order valence-corrected chi connectivity index (χ2v) is 8.91. The first-order chi connectivity index (χ1) is 14.3. The molecule has 3 aliphatic carbocycles. The molecule has 156 valence electrons. The Morgan fingerprint density at radius 1 is 1.10 bits per heavy atom. The Balaban J connectivity index is 1.24. The van der Waals surface area contributed by atoms with Crippen LogP contribution in [0, 0.1) is 35.2 Å². The predicted octanol–water partition coefficient (Wildman–Crippen LogP) is 4.92. The van der Waals surface area contributed by atoms with E-state index in [9.17, 15) is 18.0 Å². The van der Waals surface area contributed by atoms with E-state index in [1.54, 1.807) is 12.3 Å². The summed E-state index contributed by atoms with van der Waals surface area (Å²) in [6, 6.07) is 7.29. The minimum atomic E-state index is -0.668. The molecule has 0 N–H and O–H groups in total. The highest BCUT2D eigenvalue weighted by Gasteiger charge is 2.72. The summed E-state index contributed by atoms with van der Waals surface area (Å²) in [5.74, 6) is -1.25. The number of hydrazone groups is 1. The topological polar surface area (TPSA) is 41.9 Å². The summed E-state index contributed by atoms with van der Waals surface area (Å²) >= 11 is 0.